The normalized spacial score (nSPS) is 10.8. The molecule has 0 bridgehead atoms. The zero-order valence-electron chi connectivity index (χ0n) is 9.59. The number of hydrogen-bond acceptors (Lipinski definition) is 2. The number of ether oxygens (including phenoxy) is 1. The van der Waals surface area contributed by atoms with Crippen LogP contribution in [0.3, 0.4) is 0 Å². The molecule has 16 heavy (non-hydrogen) atoms. The molecule has 0 aliphatic heterocycles. The van der Waals surface area contributed by atoms with Crippen molar-refractivity contribution in [3.63, 3.8) is 0 Å². The van der Waals surface area contributed by atoms with Crippen LogP contribution in [0.1, 0.15) is 20.3 Å². The first-order valence-corrected chi connectivity index (χ1v) is 5.79. The van der Waals surface area contributed by atoms with Crippen molar-refractivity contribution in [1.29, 1.82) is 0 Å². The van der Waals surface area contributed by atoms with Crippen LogP contribution in [-0.4, -0.2) is 19.2 Å². The van der Waals surface area contributed by atoms with E-state index in [1.54, 1.807) is 12.1 Å². The molecule has 0 amide bonds. The van der Waals surface area contributed by atoms with Gasteiger partial charge in [-0.25, -0.2) is 4.39 Å². The van der Waals surface area contributed by atoms with Crippen LogP contribution in [0.25, 0.3) is 0 Å². The molecule has 0 aromatic heterocycles. The first-order valence-electron chi connectivity index (χ1n) is 5.41. The number of rotatable bonds is 6. The Hall–Kier alpha value is -0.800. The summed E-state index contributed by atoms with van der Waals surface area (Å²) >= 11 is 5.81. The molecule has 0 heterocycles. The third-order valence-corrected chi connectivity index (χ3v) is 2.34. The monoisotopic (exact) mass is 245 g/mol. The van der Waals surface area contributed by atoms with E-state index in [0.717, 1.165) is 13.0 Å². The molecule has 0 unspecified atom stereocenters. The molecule has 1 rings (SSSR count). The molecule has 0 saturated heterocycles. The van der Waals surface area contributed by atoms with Crippen molar-refractivity contribution in [2.45, 2.75) is 26.3 Å². The Morgan fingerprint density at radius 2 is 2.19 bits per heavy atom. The quantitative estimate of drug-likeness (QED) is 0.777. The molecule has 4 heteroatoms. The molecule has 0 saturated carbocycles. The van der Waals surface area contributed by atoms with E-state index in [1.807, 2.05) is 0 Å². The Balaban J connectivity index is 2.32. The summed E-state index contributed by atoms with van der Waals surface area (Å²) in [5, 5.41) is 3.57. The molecule has 1 aromatic carbocycles. The van der Waals surface area contributed by atoms with Crippen LogP contribution in [0.4, 0.5) is 4.39 Å². The average molecular weight is 246 g/mol. The van der Waals surface area contributed by atoms with Gasteiger partial charge in [-0.1, -0.05) is 31.5 Å². The van der Waals surface area contributed by atoms with Gasteiger partial charge in [0.2, 0.25) is 0 Å². The maximum atomic E-state index is 13.3. The van der Waals surface area contributed by atoms with Crippen LogP contribution in [-0.2, 0) is 0 Å². The van der Waals surface area contributed by atoms with E-state index in [0.29, 0.717) is 17.7 Å². The molecule has 0 fully saturated rings. The fourth-order valence-corrected chi connectivity index (χ4v) is 1.48. The summed E-state index contributed by atoms with van der Waals surface area (Å²) in [7, 11) is 0. The molecule has 0 radical (unpaired) electrons. The summed E-state index contributed by atoms with van der Waals surface area (Å²) in [6.45, 7) is 5.47. The fraction of sp³-hybridized carbons (Fsp3) is 0.500. The van der Waals surface area contributed by atoms with E-state index in [2.05, 4.69) is 19.2 Å². The van der Waals surface area contributed by atoms with Gasteiger partial charge in [0.05, 0.1) is 11.6 Å². The summed E-state index contributed by atoms with van der Waals surface area (Å²) in [6, 6.07) is 4.97. The highest BCUT2D eigenvalue weighted by molar-refractivity contribution is 6.32. The van der Waals surface area contributed by atoms with Crippen molar-refractivity contribution in [3.8, 4) is 5.75 Å². The van der Waals surface area contributed by atoms with Crippen molar-refractivity contribution in [3.05, 3.63) is 29.0 Å². The SMILES string of the molecule is CC(C)NCCCOc1c(F)cccc1Cl. The largest absolute Gasteiger partial charge is 0.489 e. The van der Waals surface area contributed by atoms with Gasteiger partial charge in [0.25, 0.3) is 0 Å². The molecule has 1 N–H and O–H groups in total. The average Bonchev–Trinajstić information content (AvgIpc) is 2.21. The van der Waals surface area contributed by atoms with Crippen LogP contribution >= 0.6 is 11.6 Å². The van der Waals surface area contributed by atoms with Gasteiger partial charge in [0, 0.05) is 6.04 Å². The molecular weight excluding hydrogens is 229 g/mol. The molecule has 0 spiro atoms. The van der Waals surface area contributed by atoms with Gasteiger partial charge >= 0.3 is 0 Å². The zero-order valence-corrected chi connectivity index (χ0v) is 10.4. The maximum Gasteiger partial charge on any atom is 0.173 e. The minimum Gasteiger partial charge on any atom is -0.489 e. The standard InChI is InChI=1S/C12H17ClFNO/c1-9(2)15-7-4-8-16-12-10(13)5-3-6-11(12)14/h3,5-6,9,15H,4,7-8H2,1-2H3. The number of para-hydroxylation sites is 1. The van der Waals surface area contributed by atoms with E-state index < -0.39 is 5.82 Å². The van der Waals surface area contributed by atoms with Gasteiger partial charge in [0.15, 0.2) is 11.6 Å². The van der Waals surface area contributed by atoms with Gasteiger partial charge in [-0.05, 0) is 25.1 Å². The molecule has 1 aromatic rings. The number of hydrogen-bond donors (Lipinski definition) is 1. The lowest BCUT2D eigenvalue weighted by atomic mass is 10.3. The fourth-order valence-electron chi connectivity index (χ4n) is 1.26. The van der Waals surface area contributed by atoms with E-state index >= 15 is 0 Å². The van der Waals surface area contributed by atoms with Crippen molar-refractivity contribution >= 4 is 11.6 Å². The number of nitrogens with one attached hydrogen (secondary N) is 1. The minimum atomic E-state index is -0.413. The van der Waals surface area contributed by atoms with E-state index in [9.17, 15) is 4.39 Å². The van der Waals surface area contributed by atoms with E-state index in [1.165, 1.54) is 6.07 Å². The molecule has 90 valence electrons. The molecule has 0 atom stereocenters. The molecule has 2 nitrogen and oxygen atoms in total. The lowest BCUT2D eigenvalue weighted by Crippen LogP contribution is -2.24. The Kier molecular flexibility index (Phi) is 5.56. The second-order valence-corrected chi connectivity index (χ2v) is 4.27. The summed E-state index contributed by atoms with van der Waals surface area (Å²) in [4.78, 5) is 0. The van der Waals surface area contributed by atoms with Gasteiger partial charge in [-0.15, -0.1) is 0 Å². The number of benzene rings is 1. The van der Waals surface area contributed by atoms with Crippen LogP contribution in [0, 0.1) is 5.82 Å². The van der Waals surface area contributed by atoms with Crippen molar-refractivity contribution in [2.75, 3.05) is 13.2 Å². The zero-order chi connectivity index (χ0) is 12.0. The molecular formula is C12H17ClFNO. The van der Waals surface area contributed by atoms with E-state index in [-0.39, 0.29) is 5.75 Å². The first-order chi connectivity index (χ1) is 7.61. The highest BCUT2D eigenvalue weighted by Gasteiger charge is 2.07. The van der Waals surface area contributed by atoms with Crippen LogP contribution < -0.4 is 10.1 Å². The second-order valence-electron chi connectivity index (χ2n) is 3.86. The summed E-state index contributed by atoms with van der Waals surface area (Å²) in [6.07, 6.45) is 0.822. The second kappa shape index (κ2) is 6.71. The van der Waals surface area contributed by atoms with Gasteiger partial charge < -0.3 is 10.1 Å². The Morgan fingerprint density at radius 1 is 1.44 bits per heavy atom. The van der Waals surface area contributed by atoms with Gasteiger partial charge in [-0.3, -0.25) is 0 Å². The predicted octanol–water partition coefficient (Wildman–Crippen LogP) is 3.25. The summed E-state index contributed by atoms with van der Waals surface area (Å²) < 4.78 is 18.6. The van der Waals surface area contributed by atoms with Gasteiger partial charge in [0.1, 0.15) is 0 Å². The first kappa shape index (κ1) is 13.3. The third-order valence-electron chi connectivity index (χ3n) is 2.04. The predicted molar refractivity (Wildman–Crippen MR) is 64.7 cm³/mol. The van der Waals surface area contributed by atoms with Gasteiger partial charge in [-0.2, -0.15) is 0 Å². The van der Waals surface area contributed by atoms with Crippen molar-refractivity contribution in [1.82, 2.24) is 5.32 Å². The summed E-state index contributed by atoms with van der Waals surface area (Å²) in [5.74, 6) is -0.266. The molecule has 0 aliphatic rings. The lowest BCUT2D eigenvalue weighted by Gasteiger charge is -2.10. The Morgan fingerprint density at radius 3 is 2.81 bits per heavy atom. The van der Waals surface area contributed by atoms with Crippen LogP contribution in [0.5, 0.6) is 5.75 Å². The Labute approximate surface area is 101 Å². The van der Waals surface area contributed by atoms with Crippen LogP contribution in [0.15, 0.2) is 18.2 Å². The summed E-state index contributed by atoms with van der Waals surface area (Å²) in [5.41, 5.74) is 0. The topological polar surface area (TPSA) is 21.3 Å². The van der Waals surface area contributed by atoms with E-state index in [4.69, 9.17) is 16.3 Å². The highest BCUT2D eigenvalue weighted by Crippen LogP contribution is 2.27. The van der Waals surface area contributed by atoms with Crippen LogP contribution in [0.2, 0.25) is 5.02 Å². The minimum absolute atomic E-state index is 0.147. The lowest BCUT2D eigenvalue weighted by molar-refractivity contribution is 0.292. The highest BCUT2D eigenvalue weighted by atomic mass is 35.5. The van der Waals surface area contributed by atoms with Crippen molar-refractivity contribution in [2.24, 2.45) is 0 Å². The third kappa shape index (κ3) is 4.37. The number of halogens is 2. The smallest absolute Gasteiger partial charge is 0.173 e. The Bertz CT molecular complexity index is 311. The maximum absolute atomic E-state index is 13.3. The van der Waals surface area contributed by atoms with Crippen molar-refractivity contribution < 1.29 is 9.13 Å². The molecule has 0 aliphatic carbocycles.